The molecule has 0 bridgehead atoms. The second kappa shape index (κ2) is 4.09. The van der Waals surface area contributed by atoms with E-state index in [1.54, 1.807) is 6.20 Å². The normalized spacial score (nSPS) is 13.6. The molecule has 0 atom stereocenters. The number of carbonyl (C=O) groups excluding carboxylic acids is 1. The van der Waals surface area contributed by atoms with E-state index in [4.69, 9.17) is 0 Å². The lowest BCUT2D eigenvalue weighted by atomic mass is 10.00. The third-order valence-corrected chi connectivity index (χ3v) is 3.82. The van der Waals surface area contributed by atoms with Gasteiger partial charge in [0.25, 0.3) is 5.91 Å². The molecule has 5 nitrogen and oxygen atoms in total. The molecule has 4 rings (SSSR count). The Balaban J connectivity index is 1.99. The molecule has 1 aromatic carbocycles. The first-order chi connectivity index (χ1) is 10.1. The van der Waals surface area contributed by atoms with Gasteiger partial charge in [0.1, 0.15) is 12.0 Å². The van der Waals surface area contributed by atoms with Gasteiger partial charge in [0, 0.05) is 34.7 Å². The van der Waals surface area contributed by atoms with E-state index in [0.29, 0.717) is 5.56 Å². The number of fused-ring (bicyclic) bond motifs is 2. The number of benzene rings is 1. The summed E-state index contributed by atoms with van der Waals surface area (Å²) in [5.41, 5.74) is 5.15. The van der Waals surface area contributed by atoms with Crippen molar-refractivity contribution in [3.8, 4) is 5.69 Å². The molecular formula is C16H12N4O. The second-order valence-electron chi connectivity index (χ2n) is 5.18. The minimum atomic E-state index is -0.147. The monoisotopic (exact) mass is 276 g/mol. The smallest absolute Gasteiger partial charge is 0.278 e. The topological polar surface area (TPSA) is 60.1 Å². The Morgan fingerprint density at radius 1 is 1.19 bits per heavy atom. The molecule has 5 heteroatoms. The van der Waals surface area contributed by atoms with E-state index < -0.39 is 0 Å². The Bertz CT molecular complexity index is 937. The predicted octanol–water partition coefficient (Wildman–Crippen LogP) is 2.69. The first-order valence-corrected chi connectivity index (χ1v) is 6.67. The maximum absolute atomic E-state index is 11.9. The number of amides is 1. The lowest BCUT2D eigenvalue weighted by Crippen LogP contribution is -2.02. The highest BCUT2D eigenvalue weighted by atomic mass is 16.1. The van der Waals surface area contributed by atoms with Crippen molar-refractivity contribution in [2.75, 3.05) is 0 Å². The zero-order valence-corrected chi connectivity index (χ0v) is 11.7. The second-order valence-corrected chi connectivity index (χ2v) is 5.18. The summed E-state index contributed by atoms with van der Waals surface area (Å²) in [6.07, 6.45) is 5.29. The fourth-order valence-corrected chi connectivity index (χ4v) is 2.83. The van der Waals surface area contributed by atoms with Crippen LogP contribution in [-0.4, -0.2) is 26.2 Å². The van der Waals surface area contributed by atoms with Gasteiger partial charge in [-0.25, -0.2) is 15.0 Å². The van der Waals surface area contributed by atoms with Gasteiger partial charge in [0.2, 0.25) is 0 Å². The number of hydrogen-bond donors (Lipinski definition) is 0. The molecular weight excluding hydrogens is 264 g/mol. The summed E-state index contributed by atoms with van der Waals surface area (Å²) < 4.78 is 2.00. The maximum atomic E-state index is 11.9. The number of rotatable bonds is 1. The highest BCUT2D eigenvalue weighted by Crippen LogP contribution is 2.27. The lowest BCUT2D eigenvalue weighted by Gasteiger charge is -2.10. The molecule has 3 aromatic rings. The fraction of sp³-hybridized carbons (Fsp3) is 0.125. The van der Waals surface area contributed by atoms with Gasteiger partial charge in [-0.15, -0.1) is 0 Å². The first-order valence-electron chi connectivity index (χ1n) is 6.67. The van der Waals surface area contributed by atoms with Gasteiger partial charge in [-0.1, -0.05) is 0 Å². The summed E-state index contributed by atoms with van der Waals surface area (Å²) in [5.74, 6) is -0.147. The molecule has 21 heavy (non-hydrogen) atoms. The van der Waals surface area contributed by atoms with E-state index in [-0.39, 0.29) is 5.91 Å². The molecule has 0 aliphatic carbocycles. The van der Waals surface area contributed by atoms with Crippen LogP contribution in [0, 0.1) is 6.92 Å². The first kappa shape index (κ1) is 12.0. The molecule has 0 saturated carbocycles. The van der Waals surface area contributed by atoms with Gasteiger partial charge < -0.3 is 4.57 Å². The summed E-state index contributed by atoms with van der Waals surface area (Å²) in [4.78, 5) is 24.3. The molecule has 3 heterocycles. The van der Waals surface area contributed by atoms with Crippen LogP contribution < -0.4 is 0 Å². The molecule has 0 fully saturated rings. The van der Waals surface area contributed by atoms with Gasteiger partial charge >= 0.3 is 0 Å². The van der Waals surface area contributed by atoms with Crippen molar-refractivity contribution in [2.45, 2.75) is 13.8 Å². The Morgan fingerprint density at radius 3 is 2.90 bits per heavy atom. The number of aryl methyl sites for hydroxylation is 1. The summed E-state index contributed by atoms with van der Waals surface area (Å²) >= 11 is 0. The number of hydrogen-bond acceptors (Lipinski definition) is 3. The summed E-state index contributed by atoms with van der Waals surface area (Å²) in [5, 5.41) is 0.983. The van der Waals surface area contributed by atoms with E-state index in [0.717, 1.165) is 33.6 Å². The molecule has 1 amide bonds. The van der Waals surface area contributed by atoms with Crippen molar-refractivity contribution in [3.63, 3.8) is 0 Å². The summed E-state index contributed by atoms with van der Waals surface area (Å²) in [6.45, 7) is 3.80. The Hall–Kier alpha value is -2.82. The van der Waals surface area contributed by atoms with Gasteiger partial charge in [-0.2, -0.15) is 0 Å². The van der Waals surface area contributed by atoms with Crippen LogP contribution in [-0.2, 0) is 0 Å². The van der Waals surface area contributed by atoms with Crippen LogP contribution in [0.3, 0.4) is 0 Å². The van der Waals surface area contributed by atoms with Crippen LogP contribution in [0.1, 0.15) is 28.4 Å². The maximum Gasteiger partial charge on any atom is 0.278 e. The van der Waals surface area contributed by atoms with Crippen molar-refractivity contribution in [1.82, 2.24) is 14.5 Å². The van der Waals surface area contributed by atoms with Crippen LogP contribution in [0.4, 0.5) is 0 Å². The third kappa shape index (κ3) is 1.64. The average molecular weight is 276 g/mol. The molecule has 0 spiro atoms. The Labute approximate surface area is 121 Å². The number of nitrogens with zero attached hydrogens (tertiary/aromatic N) is 4. The van der Waals surface area contributed by atoms with E-state index in [1.807, 2.05) is 42.8 Å². The van der Waals surface area contributed by atoms with E-state index >= 15 is 0 Å². The Kier molecular flexibility index (Phi) is 2.33. The van der Waals surface area contributed by atoms with E-state index in [9.17, 15) is 4.79 Å². The van der Waals surface area contributed by atoms with Crippen molar-refractivity contribution in [3.05, 3.63) is 53.6 Å². The fourth-order valence-electron chi connectivity index (χ4n) is 2.83. The van der Waals surface area contributed by atoms with Crippen LogP contribution in [0.15, 0.2) is 41.9 Å². The highest BCUT2D eigenvalue weighted by molar-refractivity contribution is 6.21. The van der Waals surface area contributed by atoms with Gasteiger partial charge in [-0.05, 0) is 37.6 Å². The number of aromatic nitrogens is 3. The zero-order chi connectivity index (χ0) is 14.6. The van der Waals surface area contributed by atoms with Gasteiger partial charge in [0.15, 0.2) is 0 Å². The van der Waals surface area contributed by atoms with Gasteiger partial charge in [-0.3, -0.25) is 4.79 Å². The molecule has 0 saturated heterocycles. The number of carbonyl (C=O) groups is 1. The van der Waals surface area contributed by atoms with Gasteiger partial charge in [0.05, 0.1) is 5.56 Å². The molecule has 1 aliphatic heterocycles. The average Bonchev–Trinajstić information content (AvgIpc) is 3.01. The van der Waals surface area contributed by atoms with Crippen LogP contribution in [0.2, 0.25) is 0 Å². The predicted molar refractivity (Wildman–Crippen MR) is 80.1 cm³/mol. The quantitative estimate of drug-likeness (QED) is 0.686. The molecule has 0 radical (unpaired) electrons. The molecule has 102 valence electrons. The van der Waals surface area contributed by atoms with E-state index in [2.05, 4.69) is 15.0 Å². The van der Waals surface area contributed by atoms with Crippen molar-refractivity contribution in [2.24, 2.45) is 4.99 Å². The minimum Gasteiger partial charge on any atom is -0.301 e. The van der Waals surface area contributed by atoms with Crippen LogP contribution >= 0.6 is 0 Å². The SMILES string of the molecule is CC1=NC(=O)c2c(C)cc(-n3ccc4cncnc43)cc21. The zero-order valence-electron chi connectivity index (χ0n) is 11.7. The van der Waals surface area contributed by atoms with Crippen LogP contribution in [0.25, 0.3) is 16.7 Å². The van der Waals surface area contributed by atoms with Crippen molar-refractivity contribution in [1.29, 1.82) is 0 Å². The molecule has 0 N–H and O–H groups in total. The highest BCUT2D eigenvalue weighted by Gasteiger charge is 2.23. The lowest BCUT2D eigenvalue weighted by molar-refractivity contribution is 0.101. The minimum absolute atomic E-state index is 0.147. The standard InChI is InChI=1S/C16H12N4O/c1-9-5-12(6-13-10(2)19-16(21)14(9)13)20-4-3-11-7-17-8-18-15(11)20/h3-8H,1-2H3. The van der Waals surface area contributed by atoms with Crippen molar-refractivity contribution < 1.29 is 4.79 Å². The van der Waals surface area contributed by atoms with Crippen LogP contribution in [0.5, 0.6) is 0 Å². The van der Waals surface area contributed by atoms with Crippen molar-refractivity contribution >= 4 is 22.7 Å². The number of aliphatic imine (C=N–C) groups is 1. The molecule has 0 unspecified atom stereocenters. The summed E-state index contributed by atoms with van der Waals surface area (Å²) in [6, 6.07) is 5.96. The van der Waals surface area contributed by atoms with E-state index in [1.165, 1.54) is 6.33 Å². The third-order valence-electron chi connectivity index (χ3n) is 3.82. The molecule has 2 aromatic heterocycles. The summed E-state index contributed by atoms with van der Waals surface area (Å²) in [7, 11) is 0. The molecule has 1 aliphatic rings. The Morgan fingerprint density at radius 2 is 2.05 bits per heavy atom. The largest absolute Gasteiger partial charge is 0.301 e.